The molecule has 0 unspecified atom stereocenters. The van der Waals surface area contributed by atoms with Gasteiger partial charge in [0, 0.05) is 12.1 Å². The van der Waals surface area contributed by atoms with Gasteiger partial charge in [-0.1, -0.05) is 24.3 Å². The molecule has 5 rings (SSSR count). The van der Waals surface area contributed by atoms with Gasteiger partial charge in [0.15, 0.2) is 5.58 Å². The molecule has 0 fully saturated rings. The standard InChI is InChI=1S/C22H22N4O3/c1-13(21(27)23-17-9-5-7-15-6-3-4-8-16(15)17)26-22(28)19-12-20-18(10-11-29-20)25(19)14(2)24-26/h3-4,6,8,10-13,17H,5,7,9H2,1-2H3,(H,23,27)/t13-,17-/m1/s1. The molecule has 3 heterocycles. The molecule has 1 amide bonds. The molecule has 0 aliphatic heterocycles. The van der Waals surface area contributed by atoms with E-state index in [1.54, 1.807) is 29.7 Å². The van der Waals surface area contributed by atoms with Gasteiger partial charge >= 0.3 is 0 Å². The van der Waals surface area contributed by atoms with E-state index < -0.39 is 6.04 Å². The van der Waals surface area contributed by atoms with Crippen LogP contribution in [0, 0.1) is 6.92 Å². The van der Waals surface area contributed by atoms with Crippen molar-refractivity contribution in [3.8, 4) is 0 Å². The Balaban J connectivity index is 1.48. The summed E-state index contributed by atoms with van der Waals surface area (Å²) in [5, 5.41) is 7.55. The predicted molar refractivity (Wildman–Crippen MR) is 109 cm³/mol. The van der Waals surface area contributed by atoms with Gasteiger partial charge in [0.05, 0.1) is 17.8 Å². The van der Waals surface area contributed by atoms with Crippen LogP contribution in [0.3, 0.4) is 0 Å². The third kappa shape index (κ3) is 2.76. The number of nitrogens with one attached hydrogen (secondary N) is 1. The van der Waals surface area contributed by atoms with Gasteiger partial charge in [0.1, 0.15) is 17.4 Å². The average molecular weight is 390 g/mol. The summed E-state index contributed by atoms with van der Waals surface area (Å²) in [6.45, 7) is 3.53. The average Bonchev–Trinajstić information content (AvgIpc) is 3.32. The van der Waals surface area contributed by atoms with E-state index in [0.29, 0.717) is 16.9 Å². The fraction of sp³-hybridized carbons (Fsp3) is 0.318. The van der Waals surface area contributed by atoms with Crippen LogP contribution in [0.5, 0.6) is 0 Å². The second kappa shape index (κ2) is 6.62. The highest BCUT2D eigenvalue weighted by molar-refractivity contribution is 5.83. The van der Waals surface area contributed by atoms with Crippen molar-refractivity contribution in [3.05, 3.63) is 70.0 Å². The quantitative estimate of drug-likeness (QED) is 0.582. The lowest BCUT2D eigenvalue weighted by Crippen LogP contribution is -2.40. The summed E-state index contributed by atoms with van der Waals surface area (Å²) < 4.78 is 8.45. The molecule has 1 aliphatic carbocycles. The minimum atomic E-state index is -0.721. The summed E-state index contributed by atoms with van der Waals surface area (Å²) in [5.41, 5.74) is 4.01. The largest absolute Gasteiger partial charge is 0.463 e. The first-order valence-electron chi connectivity index (χ1n) is 9.91. The SMILES string of the molecule is Cc1nn([C@H](C)C(=O)N[C@@H]2CCCc3ccccc32)c(=O)c2cc3occc3n12. The Morgan fingerprint density at radius 1 is 1.28 bits per heavy atom. The molecule has 2 atom stereocenters. The topological polar surface area (TPSA) is 81.5 Å². The van der Waals surface area contributed by atoms with Crippen molar-refractivity contribution in [2.24, 2.45) is 0 Å². The zero-order valence-corrected chi connectivity index (χ0v) is 16.4. The Morgan fingerprint density at radius 2 is 2.10 bits per heavy atom. The second-order valence-corrected chi connectivity index (χ2v) is 7.66. The van der Waals surface area contributed by atoms with Crippen molar-refractivity contribution in [3.63, 3.8) is 0 Å². The molecular formula is C22H22N4O3. The maximum absolute atomic E-state index is 13.0. The molecule has 148 valence electrons. The van der Waals surface area contributed by atoms with Gasteiger partial charge in [0.2, 0.25) is 5.91 Å². The number of benzene rings is 1. The molecule has 1 aromatic carbocycles. The van der Waals surface area contributed by atoms with E-state index in [0.717, 1.165) is 30.3 Å². The van der Waals surface area contributed by atoms with Gasteiger partial charge in [-0.2, -0.15) is 5.10 Å². The highest BCUT2D eigenvalue weighted by Crippen LogP contribution is 2.29. The van der Waals surface area contributed by atoms with Gasteiger partial charge in [-0.05, 0) is 44.2 Å². The number of furan rings is 1. The Kier molecular flexibility index (Phi) is 4.04. The molecule has 0 bridgehead atoms. The van der Waals surface area contributed by atoms with E-state index in [4.69, 9.17) is 4.42 Å². The third-order valence-electron chi connectivity index (χ3n) is 5.86. The van der Waals surface area contributed by atoms with E-state index in [1.165, 1.54) is 10.2 Å². The Morgan fingerprint density at radius 3 is 2.97 bits per heavy atom. The summed E-state index contributed by atoms with van der Waals surface area (Å²) in [6, 6.07) is 11.0. The van der Waals surface area contributed by atoms with Crippen molar-refractivity contribution < 1.29 is 9.21 Å². The fourth-order valence-corrected chi connectivity index (χ4v) is 4.36. The minimum Gasteiger partial charge on any atom is -0.463 e. The summed E-state index contributed by atoms with van der Waals surface area (Å²) in [5.74, 6) is 0.416. The maximum Gasteiger partial charge on any atom is 0.291 e. The summed E-state index contributed by atoms with van der Waals surface area (Å²) >= 11 is 0. The number of aryl methyl sites for hydroxylation is 2. The van der Waals surface area contributed by atoms with E-state index in [1.807, 2.05) is 19.1 Å². The molecule has 7 nitrogen and oxygen atoms in total. The summed E-state index contributed by atoms with van der Waals surface area (Å²) in [6.07, 6.45) is 4.54. The fourth-order valence-electron chi connectivity index (χ4n) is 4.36. The van der Waals surface area contributed by atoms with Gasteiger partial charge in [-0.25, -0.2) is 4.68 Å². The molecule has 0 saturated carbocycles. The van der Waals surface area contributed by atoms with Crippen molar-refractivity contribution in [2.45, 2.75) is 45.2 Å². The van der Waals surface area contributed by atoms with E-state index in [9.17, 15) is 9.59 Å². The molecule has 0 radical (unpaired) electrons. The first-order valence-corrected chi connectivity index (χ1v) is 9.91. The lowest BCUT2D eigenvalue weighted by molar-refractivity contribution is -0.125. The van der Waals surface area contributed by atoms with Crippen LogP contribution in [0.1, 0.15) is 48.8 Å². The third-order valence-corrected chi connectivity index (χ3v) is 5.86. The molecule has 29 heavy (non-hydrogen) atoms. The second-order valence-electron chi connectivity index (χ2n) is 7.66. The summed E-state index contributed by atoms with van der Waals surface area (Å²) in [7, 11) is 0. The predicted octanol–water partition coefficient (Wildman–Crippen LogP) is 3.31. The number of hydrogen-bond acceptors (Lipinski definition) is 4. The minimum absolute atomic E-state index is 0.0360. The Hall–Kier alpha value is -3.35. The van der Waals surface area contributed by atoms with E-state index >= 15 is 0 Å². The Labute approximate surface area is 166 Å². The monoisotopic (exact) mass is 390 g/mol. The number of carbonyl (C=O) groups excluding carboxylic acids is 1. The Bertz CT molecular complexity index is 1300. The lowest BCUT2D eigenvalue weighted by Gasteiger charge is -2.27. The summed E-state index contributed by atoms with van der Waals surface area (Å²) in [4.78, 5) is 26.0. The first kappa shape index (κ1) is 17.7. The van der Waals surface area contributed by atoms with Gasteiger partial charge in [-0.15, -0.1) is 0 Å². The number of rotatable bonds is 3. The molecule has 1 N–H and O–H groups in total. The van der Waals surface area contributed by atoms with Crippen LogP contribution in [0.4, 0.5) is 0 Å². The van der Waals surface area contributed by atoms with Gasteiger partial charge in [-0.3, -0.25) is 14.0 Å². The van der Waals surface area contributed by atoms with Crippen LogP contribution < -0.4 is 10.9 Å². The highest BCUT2D eigenvalue weighted by atomic mass is 16.3. The van der Waals surface area contributed by atoms with Crippen LogP contribution in [-0.4, -0.2) is 20.1 Å². The number of fused-ring (bicyclic) bond motifs is 4. The maximum atomic E-state index is 13.0. The molecule has 1 aliphatic rings. The normalized spacial score (nSPS) is 17.4. The molecular weight excluding hydrogens is 368 g/mol. The van der Waals surface area contributed by atoms with Crippen molar-refractivity contribution in [1.82, 2.24) is 19.5 Å². The van der Waals surface area contributed by atoms with Crippen molar-refractivity contribution >= 4 is 22.5 Å². The van der Waals surface area contributed by atoms with Crippen LogP contribution >= 0.6 is 0 Å². The molecule has 7 heteroatoms. The number of amides is 1. The zero-order chi connectivity index (χ0) is 20.1. The number of nitrogens with zero attached hydrogens (tertiary/aromatic N) is 3. The van der Waals surface area contributed by atoms with Crippen LogP contribution in [0.15, 0.2) is 51.9 Å². The molecule has 0 saturated heterocycles. The van der Waals surface area contributed by atoms with Crippen LogP contribution in [-0.2, 0) is 11.2 Å². The smallest absolute Gasteiger partial charge is 0.291 e. The van der Waals surface area contributed by atoms with Gasteiger partial charge < -0.3 is 9.73 Å². The number of hydrogen-bond donors (Lipinski definition) is 1. The van der Waals surface area contributed by atoms with Crippen LogP contribution in [0.2, 0.25) is 0 Å². The zero-order valence-electron chi connectivity index (χ0n) is 16.4. The van der Waals surface area contributed by atoms with E-state index in [-0.39, 0.29) is 17.5 Å². The van der Waals surface area contributed by atoms with Crippen molar-refractivity contribution in [2.75, 3.05) is 0 Å². The molecule has 3 aromatic heterocycles. The number of carbonyl (C=O) groups is 1. The van der Waals surface area contributed by atoms with Gasteiger partial charge in [0.25, 0.3) is 5.56 Å². The molecule has 0 spiro atoms. The highest BCUT2D eigenvalue weighted by Gasteiger charge is 2.26. The lowest BCUT2D eigenvalue weighted by atomic mass is 9.87. The molecule has 4 aromatic rings. The van der Waals surface area contributed by atoms with Crippen LogP contribution in [0.25, 0.3) is 16.6 Å². The van der Waals surface area contributed by atoms with E-state index in [2.05, 4.69) is 22.5 Å². The first-order chi connectivity index (χ1) is 14.0. The number of aromatic nitrogens is 3. The van der Waals surface area contributed by atoms with Crippen molar-refractivity contribution in [1.29, 1.82) is 0 Å².